The summed E-state index contributed by atoms with van der Waals surface area (Å²) in [6, 6.07) is 16.1. The van der Waals surface area contributed by atoms with Crippen LogP contribution in [0.4, 0.5) is 24.7 Å². The first kappa shape index (κ1) is 29.1. The zero-order valence-corrected chi connectivity index (χ0v) is 23.2. The van der Waals surface area contributed by atoms with Crippen molar-refractivity contribution >= 4 is 34.9 Å². The van der Waals surface area contributed by atoms with E-state index in [0.29, 0.717) is 12.5 Å². The van der Waals surface area contributed by atoms with Gasteiger partial charge in [0.25, 0.3) is 11.8 Å². The van der Waals surface area contributed by atoms with E-state index in [1.54, 1.807) is 30.6 Å². The summed E-state index contributed by atoms with van der Waals surface area (Å²) in [5.74, 6) is -0.633. The van der Waals surface area contributed by atoms with Gasteiger partial charge in [-0.1, -0.05) is 29.8 Å². The van der Waals surface area contributed by atoms with E-state index in [-0.39, 0.29) is 27.8 Å². The molecule has 4 aromatic rings. The quantitative estimate of drug-likeness (QED) is 0.252. The van der Waals surface area contributed by atoms with E-state index < -0.39 is 23.6 Å². The zero-order valence-electron chi connectivity index (χ0n) is 22.4. The standard InChI is InChI=1S/C30H28ClF3N6O2/c31-25-7-2-1-6-24(25)28(41)37-27-19-26(38-40(27)23-5-3-4-21(18-23)30(32,33)34)29(42)36-15-8-20-11-16-39(17-12-20)22-9-13-35-14-10-22/h1-7,9-10,13-14,18-20H,8,11-12,15-17H2,(H,36,42)(H,37,41). The molecule has 42 heavy (non-hydrogen) atoms. The van der Waals surface area contributed by atoms with Crippen LogP contribution >= 0.6 is 11.6 Å². The number of nitrogens with one attached hydrogen (secondary N) is 2. The van der Waals surface area contributed by atoms with Gasteiger partial charge in [-0.05, 0) is 67.6 Å². The SMILES string of the molecule is O=C(NCCC1CCN(c2ccncc2)CC1)c1cc(NC(=O)c2ccccc2Cl)n(-c2cccc(C(F)(F)F)c2)n1. The predicted octanol–water partition coefficient (Wildman–Crippen LogP) is 6.23. The Balaban J connectivity index is 1.28. The second kappa shape index (κ2) is 12.6. The third-order valence-electron chi connectivity index (χ3n) is 7.20. The molecule has 1 fully saturated rings. The van der Waals surface area contributed by atoms with Gasteiger partial charge in [-0.15, -0.1) is 0 Å². The number of halogens is 4. The number of carbonyl (C=O) groups is 2. The van der Waals surface area contributed by atoms with Gasteiger partial charge in [-0.3, -0.25) is 14.6 Å². The van der Waals surface area contributed by atoms with Gasteiger partial charge in [0, 0.05) is 43.8 Å². The lowest BCUT2D eigenvalue weighted by Crippen LogP contribution is -2.35. The number of carbonyl (C=O) groups excluding carboxylic acids is 2. The van der Waals surface area contributed by atoms with Crippen LogP contribution in [0.5, 0.6) is 0 Å². The summed E-state index contributed by atoms with van der Waals surface area (Å²) >= 11 is 6.15. The fourth-order valence-electron chi connectivity index (χ4n) is 4.94. The largest absolute Gasteiger partial charge is 0.416 e. The van der Waals surface area contributed by atoms with E-state index in [1.807, 2.05) is 12.1 Å². The van der Waals surface area contributed by atoms with E-state index in [4.69, 9.17) is 11.6 Å². The van der Waals surface area contributed by atoms with E-state index in [1.165, 1.54) is 24.3 Å². The number of piperidine rings is 1. The molecule has 2 amide bonds. The van der Waals surface area contributed by atoms with Crippen molar-refractivity contribution in [1.29, 1.82) is 0 Å². The van der Waals surface area contributed by atoms with Crippen molar-refractivity contribution in [3.63, 3.8) is 0 Å². The first-order chi connectivity index (χ1) is 20.2. The summed E-state index contributed by atoms with van der Waals surface area (Å²) in [5.41, 5.74) is 0.399. The molecular weight excluding hydrogens is 569 g/mol. The average molecular weight is 597 g/mol. The van der Waals surface area contributed by atoms with Crippen LogP contribution in [0.2, 0.25) is 5.02 Å². The van der Waals surface area contributed by atoms with Gasteiger partial charge in [-0.25, -0.2) is 4.68 Å². The van der Waals surface area contributed by atoms with E-state index in [9.17, 15) is 22.8 Å². The van der Waals surface area contributed by atoms with Gasteiger partial charge in [0.2, 0.25) is 0 Å². The first-order valence-electron chi connectivity index (χ1n) is 13.5. The molecule has 5 rings (SSSR count). The highest BCUT2D eigenvalue weighted by Gasteiger charge is 2.31. The number of aromatic nitrogens is 3. The summed E-state index contributed by atoms with van der Waals surface area (Å²) in [5, 5.41) is 9.95. The maximum atomic E-state index is 13.4. The van der Waals surface area contributed by atoms with Gasteiger partial charge in [0.15, 0.2) is 5.69 Å². The minimum absolute atomic E-state index is 0.0212. The molecule has 0 aliphatic carbocycles. The van der Waals surface area contributed by atoms with Crippen molar-refractivity contribution in [3.8, 4) is 5.69 Å². The normalized spacial score (nSPS) is 14.0. The van der Waals surface area contributed by atoms with Crippen molar-refractivity contribution < 1.29 is 22.8 Å². The first-order valence-corrected chi connectivity index (χ1v) is 13.8. The molecule has 2 aromatic carbocycles. The van der Waals surface area contributed by atoms with Gasteiger partial charge in [0.05, 0.1) is 21.8 Å². The summed E-state index contributed by atoms with van der Waals surface area (Å²) in [6.45, 7) is 2.24. The molecule has 1 saturated heterocycles. The van der Waals surface area contributed by atoms with E-state index >= 15 is 0 Å². The number of pyridine rings is 1. The lowest BCUT2D eigenvalue weighted by molar-refractivity contribution is -0.137. The van der Waals surface area contributed by atoms with Gasteiger partial charge in [0.1, 0.15) is 5.82 Å². The number of hydrogen-bond donors (Lipinski definition) is 2. The van der Waals surface area contributed by atoms with Crippen molar-refractivity contribution in [1.82, 2.24) is 20.1 Å². The van der Waals surface area contributed by atoms with Crippen LogP contribution in [0.25, 0.3) is 5.69 Å². The van der Waals surface area contributed by atoms with E-state index in [0.717, 1.165) is 54.9 Å². The molecule has 1 aliphatic heterocycles. The van der Waals surface area contributed by atoms with Crippen molar-refractivity contribution in [2.75, 3.05) is 29.9 Å². The van der Waals surface area contributed by atoms with Crippen LogP contribution in [0.15, 0.2) is 79.1 Å². The molecule has 0 atom stereocenters. The van der Waals surface area contributed by atoms with Gasteiger partial charge in [-0.2, -0.15) is 18.3 Å². The lowest BCUT2D eigenvalue weighted by Gasteiger charge is -2.33. The monoisotopic (exact) mass is 596 g/mol. The molecule has 3 heterocycles. The molecule has 1 aliphatic rings. The Hall–Kier alpha value is -4.38. The summed E-state index contributed by atoms with van der Waals surface area (Å²) < 4.78 is 41.3. The van der Waals surface area contributed by atoms with Crippen LogP contribution in [0.3, 0.4) is 0 Å². The Labute approximate surface area is 245 Å². The van der Waals surface area contributed by atoms with Crippen LogP contribution in [-0.4, -0.2) is 46.2 Å². The molecule has 2 N–H and O–H groups in total. The third-order valence-corrected chi connectivity index (χ3v) is 7.53. The Morgan fingerprint density at radius 1 is 0.929 bits per heavy atom. The fourth-order valence-corrected chi connectivity index (χ4v) is 5.16. The molecule has 12 heteroatoms. The molecule has 218 valence electrons. The predicted molar refractivity (Wildman–Crippen MR) is 154 cm³/mol. The highest BCUT2D eigenvalue weighted by atomic mass is 35.5. The number of benzene rings is 2. The second-order valence-electron chi connectivity index (χ2n) is 9.99. The molecule has 0 bridgehead atoms. The third kappa shape index (κ3) is 6.91. The average Bonchev–Trinajstić information content (AvgIpc) is 3.41. The minimum atomic E-state index is -4.58. The number of anilines is 2. The molecule has 0 saturated carbocycles. The molecule has 0 unspecified atom stereocenters. The van der Waals surface area contributed by atoms with E-state index in [2.05, 4.69) is 25.6 Å². The second-order valence-corrected chi connectivity index (χ2v) is 10.4. The summed E-state index contributed by atoms with van der Waals surface area (Å²) in [7, 11) is 0. The Bertz CT molecular complexity index is 1550. The topological polar surface area (TPSA) is 92.2 Å². The van der Waals surface area contributed by atoms with Crippen molar-refractivity contribution in [2.45, 2.75) is 25.4 Å². The highest BCUT2D eigenvalue weighted by molar-refractivity contribution is 6.34. The number of alkyl halides is 3. The van der Waals surface area contributed by atoms with Crippen LogP contribution < -0.4 is 15.5 Å². The smallest absolute Gasteiger partial charge is 0.371 e. The summed E-state index contributed by atoms with van der Waals surface area (Å²) in [4.78, 5) is 32.4. The van der Waals surface area contributed by atoms with Crippen LogP contribution in [0, 0.1) is 5.92 Å². The van der Waals surface area contributed by atoms with Gasteiger partial charge < -0.3 is 15.5 Å². The molecular formula is C30H28ClF3N6O2. The number of nitrogens with zero attached hydrogens (tertiary/aromatic N) is 4. The Morgan fingerprint density at radius 2 is 1.67 bits per heavy atom. The number of amides is 2. The molecule has 2 aromatic heterocycles. The number of hydrogen-bond acceptors (Lipinski definition) is 5. The maximum Gasteiger partial charge on any atom is 0.416 e. The van der Waals surface area contributed by atoms with Crippen molar-refractivity contribution in [3.05, 3.63) is 101 Å². The molecule has 0 radical (unpaired) electrons. The minimum Gasteiger partial charge on any atom is -0.371 e. The Kier molecular flexibility index (Phi) is 8.77. The van der Waals surface area contributed by atoms with Crippen LogP contribution in [-0.2, 0) is 6.18 Å². The number of rotatable bonds is 8. The molecule has 8 nitrogen and oxygen atoms in total. The maximum absolute atomic E-state index is 13.4. The lowest BCUT2D eigenvalue weighted by atomic mass is 9.93. The van der Waals surface area contributed by atoms with Crippen LogP contribution in [0.1, 0.15) is 45.7 Å². The fraction of sp³-hybridized carbons (Fsp3) is 0.267. The highest BCUT2D eigenvalue weighted by Crippen LogP contribution is 2.31. The van der Waals surface area contributed by atoms with Gasteiger partial charge >= 0.3 is 6.18 Å². The Morgan fingerprint density at radius 3 is 2.38 bits per heavy atom. The van der Waals surface area contributed by atoms with Crippen molar-refractivity contribution in [2.24, 2.45) is 5.92 Å². The molecule has 0 spiro atoms. The summed E-state index contributed by atoms with van der Waals surface area (Å²) in [6.07, 6.45) is 1.72. The zero-order chi connectivity index (χ0) is 29.7.